The van der Waals surface area contributed by atoms with Gasteiger partial charge in [0, 0.05) is 13.0 Å². The highest BCUT2D eigenvalue weighted by Gasteiger charge is 2.28. The van der Waals surface area contributed by atoms with E-state index in [-0.39, 0.29) is 39.1 Å². The molecule has 4 N–H and O–H groups in total. The number of nitrogens with zero attached hydrogens (tertiary/aromatic N) is 3. The fourth-order valence-electron chi connectivity index (χ4n) is 3.68. The van der Waals surface area contributed by atoms with Crippen molar-refractivity contribution in [2.75, 3.05) is 19.8 Å². The maximum absolute atomic E-state index is 12.8. The molecule has 0 bridgehead atoms. The van der Waals surface area contributed by atoms with Crippen molar-refractivity contribution in [3.8, 4) is 0 Å². The first-order valence-corrected chi connectivity index (χ1v) is 13.3. The summed E-state index contributed by atoms with van der Waals surface area (Å²) >= 11 is 0. The summed E-state index contributed by atoms with van der Waals surface area (Å²) < 4.78 is 18.1. The van der Waals surface area contributed by atoms with Gasteiger partial charge in [-0.05, 0) is 44.4 Å². The summed E-state index contributed by atoms with van der Waals surface area (Å²) in [6.45, 7) is 6.01. The van der Waals surface area contributed by atoms with Crippen LogP contribution in [0.2, 0.25) is 0 Å². The minimum atomic E-state index is -1.13. The van der Waals surface area contributed by atoms with Gasteiger partial charge in [-0.15, -0.1) is 10.2 Å². The van der Waals surface area contributed by atoms with Crippen molar-refractivity contribution in [3.63, 3.8) is 0 Å². The summed E-state index contributed by atoms with van der Waals surface area (Å²) in [4.78, 5) is 36.5. The van der Waals surface area contributed by atoms with Crippen molar-refractivity contribution in [2.45, 2.75) is 72.3 Å². The number of alkyl carbamates (subject to hydrolysis) is 1. The molecule has 0 radical (unpaired) electrons. The molecular formula is C29H42N6O6. The predicted octanol–water partition coefficient (Wildman–Crippen LogP) is 3.44. The van der Waals surface area contributed by atoms with Crippen LogP contribution in [0.1, 0.15) is 70.6 Å². The summed E-state index contributed by atoms with van der Waals surface area (Å²) in [5.74, 6) is -0.224. The third kappa shape index (κ3) is 10.5. The predicted molar refractivity (Wildman–Crippen MR) is 154 cm³/mol. The first-order valence-electron chi connectivity index (χ1n) is 13.3. The molecule has 3 aromatic rings. The van der Waals surface area contributed by atoms with Gasteiger partial charge >= 0.3 is 12.1 Å². The number of rotatable bonds is 15. The van der Waals surface area contributed by atoms with Gasteiger partial charge in [-0.1, -0.05) is 50.7 Å². The molecule has 0 aliphatic rings. The lowest BCUT2D eigenvalue weighted by atomic mass is 10.1. The molecule has 224 valence electrons. The third-order valence-electron chi connectivity index (χ3n) is 5.79. The minimum absolute atomic E-state index is 0. The van der Waals surface area contributed by atoms with Crippen LogP contribution < -0.4 is 16.4 Å². The van der Waals surface area contributed by atoms with E-state index in [1.54, 1.807) is 36.4 Å². The quantitative estimate of drug-likeness (QED) is 0.184. The molecular weight excluding hydrogens is 528 g/mol. The zero-order valence-corrected chi connectivity index (χ0v) is 23.2. The molecule has 12 heteroatoms. The molecule has 0 aliphatic carbocycles. The molecule has 1 aromatic carbocycles. The van der Waals surface area contributed by atoms with Crippen molar-refractivity contribution in [1.82, 2.24) is 25.2 Å². The van der Waals surface area contributed by atoms with Crippen LogP contribution in [0.3, 0.4) is 0 Å². The van der Waals surface area contributed by atoms with Crippen molar-refractivity contribution < 1.29 is 28.6 Å². The summed E-state index contributed by atoms with van der Waals surface area (Å²) in [5, 5.41) is 14.1. The first kappa shape index (κ1) is 33.2. The Balaban J connectivity index is 0.00000588. The molecule has 2 aromatic heterocycles. The number of carbonyl (C=O) groups is 3. The van der Waals surface area contributed by atoms with Gasteiger partial charge in [-0.2, -0.15) is 0 Å². The van der Waals surface area contributed by atoms with E-state index in [2.05, 4.69) is 20.8 Å². The Labute approximate surface area is 240 Å². The number of nitrogens with two attached hydrogens (primary N) is 1. The fourth-order valence-corrected chi connectivity index (χ4v) is 3.68. The summed E-state index contributed by atoms with van der Waals surface area (Å²) in [5.41, 5.74) is 6.99. The average molecular weight is 571 g/mol. The van der Waals surface area contributed by atoms with Crippen LogP contribution in [-0.4, -0.2) is 57.9 Å². The highest BCUT2D eigenvalue weighted by atomic mass is 16.5. The number of pyridine rings is 1. The number of nitrogens with one attached hydrogen (secondary N) is 2. The monoisotopic (exact) mass is 570 g/mol. The Hall–Kier alpha value is -4.03. The van der Waals surface area contributed by atoms with Gasteiger partial charge in [0.05, 0.1) is 31.1 Å². The molecule has 2 heterocycles. The van der Waals surface area contributed by atoms with Gasteiger partial charge < -0.3 is 30.6 Å². The molecule has 12 nitrogen and oxygen atoms in total. The Morgan fingerprint density at radius 3 is 2.49 bits per heavy atom. The summed E-state index contributed by atoms with van der Waals surface area (Å²) in [6.07, 6.45) is 0.952. The highest BCUT2D eigenvalue weighted by molar-refractivity contribution is 5.85. The second-order valence-corrected chi connectivity index (χ2v) is 9.84. The highest BCUT2D eigenvalue weighted by Crippen LogP contribution is 2.18. The van der Waals surface area contributed by atoms with Gasteiger partial charge in [0.2, 0.25) is 5.91 Å². The molecule has 0 saturated heterocycles. The molecule has 0 aliphatic heterocycles. The lowest BCUT2D eigenvalue weighted by Gasteiger charge is -2.24. The number of ether oxygens (including phenoxy) is 3. The van der Waals surface area contributed by atoms with Gasteiger partial charge in [-0.3, -0.25) is 14.0 Å². The zero-order chi connectivity index (χ0) is 29.0. The van der Waals surface area contributed by atoms with Crippen LogP contribution in [-0.2, 0) is 37.0 Å². The number of amides is 2. The molecule has 1 atom stereocenters. The minimum Gasteiger partial charge on any atom is -0.466 e. The van der Waals surface area contributed by atoms with E-state index in [4.69, 9.17) is 19.9 Å². The zero-order valence-electron chi connectivity index (χ0n) is 23.2. The second kappa shape index (κ2) is 16.3. The Morgan fingerprint density at radius 2 is 1.78 bits per heavy atom. The lowest BCUT2D eigenvalue weighted by molar-refractivity contribution is -0.143. The van der Waals surface area contributed by atoms with E-state index in [0.29, 0.717) is 43.2 Å². The molecule has 41 heavy (non-hydrogen) atoms. The van der Waals surface area contributed by atoms with Gasteiger partial charge in [0.1, 0.15) is 12.6 Å². The normalized spacial score (nSPS) is 11.8. The summed E-state index contributed by atoms with van der Waals surface area (Å²) in [7, 11) is 0. The van der Waals surface area contributed by atoms with E-state index in [0.717, 1.165) is 12.0 Å². The van der Waals surface area contributed by atoms with Crippen LogP contribution in [0.15, 0.2) is 48.5 Å². The number of aromatic nitrogens is 3. The smallest absolute Gasteiger partial charge is 0.407 e. The van der Waals surface area contributed by atoms with E-state index < -0.39 is 17.7 Å². The topological polar surface area (TPSA) is 159 Å². The number of carbonyl (C=O) groups excluding carboxylic acids is 3. The van der Waals surface area contributed by atoms with Crippen LogP contribution >= 0.6 is 0 Å². The molecule has 3 rings (SSSR count). The molecule has 0 fully saturated rings. The Morgan fingerprint density at radius 1 is 1.02 bits per heavy atom. The van der Waals surface area contributed by atoms with E-state index in [1.165, 1.54) is 0 Å². The maximum atomic E-state index is 12.8. The van der Waals surface area contributed by atoms with Crippen LogP contribution in [0.25, 0.3) is 5.65 Å². The Bertz CT molecular complexity index is 1260. The van der Waals surface area contributed by atoms with Gasteiger partial charge in [0.15, 0.2) is 11.5 Å². The standard InChI is InChI=1S/C28H38N6O6.CH4/c1-4-10-24(35)39-16-9-15-30-27(37)40-18-21-13-8-14-23-32-33-25(34(21)23)22(31-26(36)28(2,3)29)19-38-17-20-11-6-5-7-12-20;/h5-8,11-14,22H,4,9-10,15-19,29H2,1-3H3,(H,30,37)(H,31,36);1H4/t22-;/m1./s1. The first-order chi connectivity index (χ1) is 19.2. The molecule has 0 spiro atoms. The number of fused-ring (bicyclic) bond motifs is 1. The number of hydrogen-bond donors (Lipinski definition) is 3. The average Bonchev–Trinajstić information content (AvgIpc) is 3.36. The van der Waals surface area contributed by atoms with Gasteiger partial charge in [0.25, 0.3) is 0 Å². The van der Waals surface area contributed by atoms with Crippen LogP contribution in [0.5, 0.6) is 0 Å². The lowest BCUT2D eigenvalue weighted by Crippen LogP contribution is -2.51. The van der Waals surface area contributed by atoms with E-state index >= 15 is 0 Å². The maximum Gasteiger partial charge on any atom is 0.407 e. The third-order valence-corrected chi connectivity index (χ3v) is 5.79. The molecule has 0 saturated carbocycles. The van der Waals surface area contributed by atoms with Crippen molar-refractivity contribution in [3.05, 3.63) is 65.6 Å². The largest absolute Gasteiger partial charge is 0.466 e. The SMILES string of the molecule is C.CCCC(=O)OCCCNC(=O)OCc1cccc2nnc([C@@H](COCc3ccccc3)NC(=O)C(C)(C)N)n12. The Kier molecular flexibility index (Phi) is 13.2. The number of esters is 1. The van der Waals surface area contributed by atoms with Crippen molar-refractivity contribution in [2.24, 2.45) is 5.73 Å². The molecule has 2 amide bonds. The fraction of sp³-hybridized carbons (Fsp3) is 0.483. The van der Waals surface area contributed by atoms with E-state index in [9.17, 15) is 14.4 Å². The number of hydrogen-bond acceptors (Lipinski definition) is 9. The van der Waals surface area contributed by atoms with Crippen LogP contribution in [0.4, 0.5) is 4.79 Å². The van der Waals surface area contributed by atoms with Crippen LogP contribution in [0, 0.1) is 0 Å². The second-order valence-electron chi connectivity index (χ2n) is 9.84. The van der Waals surface area contributed by atoms with Crippen molar-refractivity contribution >= 4 is 23.6 Å². The molecule has 0 unspecified atom stereocenters. The number of benzene rings is 1. The van der Waals surface area contributed by atoms with E-state index in [1.807, 2.05) is 37.3 Å². The van der Waals surface area contributed by atoms with Gasteiger partial charge in [-0.25, -0.2) is 4.79 Å². The van der Waals surface area contributed by atoms with Crippen molar-refractivity contribution in [1.29, 1.82) is 0 Å². The summed E-state index contributed by atoms with van der Waals surface area (Å²) in [6, 6.07) is 14.3.